The highest BCUT2D eigenvalue weighted by Gasteiger charge is 2.38. The number of rotatable bonds is 11. The molecular weight excluding hydrogens is 409 g/mol. The van der Waals surface area contributed by atoms with Crippen molar-refractivity contribution in [1.29, 1.82) is 0 Å². The fraction of sp³-hybridized carbons (Fsp3) is 0.588. The van der Waals surface area contributed by atoms with Crippen molar-refractivity contribution >= 4 is 24.2 Å². The Morgan fingerprint density at radius 1 is 1.30 bits per heavy atom. The minimum atomic E-state index is -4.92. The normalized spacial score (nSPS) is 12.1. The highest BCUT2D eigenvalue weighted by molar-refractivity contribution is 5.95. The summed E-state index contributed by atoms with van der Waals surface area (Å²) in [5.41, 5.74) is 2.17. The summed E-state index contributed by atoms with van der Waals surface area (Å²) in [6.07, 6.45) is -1.36. The van der Waals surface area contributed by atoms with Crippen LogP contribution in [0.25, 0.3) is 0 Å². The number of nitrogens with zero attached hydrogens (tertiary/aromatic N) is 4. The van der Waals surface area contributed by atoms with Gasteiger partial charge in [-0.05, 0) is 6.42 Å². The van der Waals surface area contributed by atoms with E-state index >= 15 is 0 Å². The van der Waals surface area contributed by atoms with Crippen LogP contribution in [-0.2, 0) is 15.8 Å². The Kier molecular flexibility index (Phi) is 9.43. The summed E-state index contributed by atoms with van der Waals surface area (Å²) in [6.45, 7) is 1.67. The van der Waals surface area contributed by atoms with E-state index in [1.807, 2.05) is 6.92 Å². The molecule has 0 aromatic carbocycles. The molecule has 0 spiro atoms. The SMILES string of the molecule is CCCCC[C@H](CN(O)C=O)C(=O)NNc1ncc(C(=O)N(C)C)c(C(F)(F)F)n1. The van der Waals surface area contributed by atoms with Gasteiger partial charge in [-0.2, -0.15) is 13.2 Å². The summed E-state index contributed by atoms with van der Waals surface area (Å²) in [5, 5.41) is 9.67. The van der Waals surface area contributed by atoms with E-state index in [4.69, 9.17) is 0 Å². The van der Waals surface area contributed by atoms with Crippen LogP contribution in [0.3, 0.4) is 0 Å². The molecule has 3 amide bonds. The largest absolute Gasteiger partial charge is 0.434 e. The van der Waals surface area contributed by atoms with Gasteiger partial charge < -0.3 is 4.90 Å². The molecule has 30 heavy (non-hydrogen) atoms. The van der Waals surface area contributed by atoms with Crippen molar-refractivity contribution in [2.75, 3.05) is 26.1 Å². The van der Waals surface area contributed by atoms with Gasteiger partial charge in [-0.1, -0.05) is 26.2 Å². The molecule has 13 heteroatoms. The van der Waals surface area contributed by atoms with Gasteiger partial charge in [-0.25, -0.2) is 15.0 Å². The van der Waals surface area contributed by atoms with Crippen LogP contribution < -0.4 is 10.9 Å². The van der Waals surface area contributed by atoms with Crippen LogP contribution >= 0.6 is 0 Å². The number of aromatic nitrogens is 2. The number of carbonyl (C=O) groups excluding carboxylic acids is 3. The van der Waals surface area contributed by atoms with Crippen molar-refractivity contribution in [3.8, 4) is 0 Å². The quantitative estimate of drug-likeness (QED) is 0.209. The highest BCUT2D eigenvalue weighted by Crippen LogP contribution is 2.31. The standard InChI is InChI=1S/C17H25F3N6O4/c1-4-5-6-7-11(9-26(30)10-27)14(28)23-24-16-21-8-12(15(29)25(2)3)13(22-16)17(18,19)20/h8,10-11,30H,4-7,9H2,1-3H3,(H,23,28)(H,21,22,24)/t11-/m1/s1. The summed E-state index contributed by atoms with van der Waals surface area (Å²) in [6, 6.07) is 0. The Morgan fingerprint density at radius 3 is 2.50 bits per heavy atom. The number of alkyl halides is 3. The van der Waals surface area contributed by atoms with Crippen molar-refractivity contribution in [3.05, 3.63) is 17.5 Å². The molecule has 168 valence electrons. The summed E-state index contributed by atoms with van der Waals surface area (Å²) < 4.78 is 39.9. The van der Waals surface area contributed by atoms with Crippen molar-refractivity contribution in [2.45, 2.75) is 38.8 Å². The number of nitrogens with one attached hydrogen (secondary N) is 2. The Bertz CT molecular complexity index is 745. The maximum absolute atomic E-state index is 13.3. The van der Waals surface area contributed by atoms with E-state index < -0.39 is 41.1 Å². The molecule has 1 aromatic rings. The van der Waals surface area contributed by atoms with E-state index in [1.54, 1.807) is 0 Å². The van der Waals surface area contributed by atoms with Gasteiger partial charge in [0.1, 0.15) is 0 Å². The molecule has 0 aliphatic carbocycles. The molecule has 0 radical (unpaired) electrons. The average molecular weight is 434 g/mol. The molecule has 1 rings (SSSR count). The zero-order valence-electron chi connectivity index (χ0n) is 16.9. The molecule has 1 heterocycles. The lowest BCUT2D eigenvalue weighted by molar-refractivity contribution is -0.154. The third kappa shape index (κ3) is 7.46. The number of hydrogen-bond donors (Lipinski definition) is 3. The second-order valence-electron chi connectivity index (χ2n) is 6.69. The van der Waals surface area contributed by atoms with Crippen molar-refractivity contribution in [3.63, 3.8) is 0 Å². The van der Waals surface area contributed by atoms with Gasteiger partial charge in [0, 0.05) is 20.3 Å². The molecule has 0 unspecified atom stereocenters. The molecule has 10 nitrogen and oxygen atoms in total. The van der Waals surface area contributed by atoms with Crippen LogP contribution in [-0.4, -0.2) is 64.0 Å². The van der Waals surface area contributed by atoms with Crippen LogP contribution in [0.2, 0.25) is 0 Å². The van der Waals surface area contributed by atoms with Crippen LogP contribution in [0.4, 0.5) is 19.1 Å². The summed E-state index contributed by atoms with van der Waals surface area (Å²) in [4.78, 5) is 42.8. The number of amides is 3. The Hall–Kier alpha value is -2.96. The Morgan fingerprint density at radius 2 is 1.97 bits per heavy atom. The molecular formula is C17H25F3N6O4. The first-order valence-electron chi connectivity index (χ1n) is 9.13. The van der Waals surface area contributed by atoms with E-state index in [1.165, 1.54) is 14.1 Å². The zero-order chi connectivity index (χ0) is 22.9. The lowest BCUT2D eigenvalue weighted by atomic mass is 10.0. The van der Waals surface area contributed by atoms with Crippen molar-refractivity contribution < 1.29 is 32.8 Å². The number of hydrazine groups is 1. The topological polar surface area (TPSA) is 128 Å². The minimum Gasteiger partial charge on any atom is -0.345 e. The lowest BCUT2D eigenvalue weighted by Gasteiger charge is -2.20. The van der Waals surface area contributed by atoms with Crippen LogP contribution in [0.1, 0.15) is 48.7 Å². The molecule has 0 aliphatic rings. The third-order valence-electron chi connectivity index (χ3n) is 4.05. The van der Waals surface area contributed by atoms with Gasteiger partial charge in [0.25, 0.3) is 5.91 Å². The van der Waals surface area contributed by atoms with E-state index in [0.29, 0.717) is 24.1 Å². The number of unbranched alkanes of at least 4 members (excludes halogenated alkanes) is 2. The van der Waals surface area contributed by atoms with Gasteiger partial charge in [0.2, 0.25) is 18.3 Å². The van der Waals surface area contributed by atoms with E-state index in [0.717, 1.165) is 17.7 Å². The fourth-order valence-corrected chi connectivity index (χ4v) is 2.49. The van der Waals surface area contributed by atoms with Gasteiger partial charge in [-0.3, -0.25) is 30.4 Å². The summed E-state index contributed by atoms with van der Waals surface area (Å²) in [5.74, 6) is -2.98. The smallest absolute Gasteiger partial charge is 0.345 e. The molecule has 0 fully saturated rings. The van der Waals surface area contributed by atoms with Gasteiger partial charge in [-0.15, -0.1) is 0 Å². The second-order valence-corrected chi connectivity index (χ2v) is 6.69. The monoisotopic (exact) mass is 434 g/mol. The van der Waals surface area contributed by atoms with Crippen molar-refractivity contribution in [2.24, 2.45) is 5.92 Å². The molecule has 3 N–H and O–H groups in total. The predicted molar refractivity (Wildman–Crippen MR) is 99.0 cm³/mol. The number of hydrogen-bond acceptors (Lipinski definition) is 7. The van der Waals surface area contributed by atoms with Crippen molar-refractivity contribution in [1.82, 2.24) is 25.4 Å². The molecule has 0 bridgehead atoms. The second kappa shape index (κ2) is 11.3. The first-order valence-corrected chi connectivity index (χ1v) is 9.13. The van der Waals surface area contributed by atoms with Crippen LogP contribution in [0, 0.1) is 5.92 Å². The lowest BCUT2D eigenvalue weighted by Crippen LogP contribution is -2.40. The molecule has 0 aliphatic heterocycles. The molecule has 1 aromatic heterocycles. The van der Waals surface area contributed by atoms with E-state index in [9.17, 15) is 32.8 Å². The summed E-state index contributed by atoms with van der Waals surface area (Å²) in [7, 11) is 2.58. The highest BCUT2D eigenvalue weighted by atomic mass is 19.4. The molecule has 0 saturated heterocycles. The maximum Gasteiger partial charge on any atom is 0.434 e. The van der Waals surface area contributed by atoms with E-state index in [2.05, 4.69) is 20.8 Å². The van der Waals surface area contributed by atoms with Gasteiger partial charge >= 0.3 is 6.18 Å². The number of hydroxylamine groups is 2. The fourth-order valence-electron chi connectivity index (χ4n) is 2.49. The average Bonchev–Trinajstić information content (AvgIpc) is 2.69. The first-order chi connectivity index (χ1) is 14.0. The minimum absolute atomic E-state index is 0.146. The Balaban J connectivity index is 2.96. The zero-order valence-corrected chi connectivity index (χ0v) is 16.9. The van der Waals surface area contributed by atoms with Gasteiger partial charge in [0.05, 0.1) is 18.0 Å². The third-order valence-corrected chi connectivity index (χ3v) is 4.05. The summed E-state index contributed by atoms with van der Waals surface area (Å²) >= 11 is 0. The number of carbonyl (C=O) groups is 3. The first kappa shape index (κ1) is 25.1. The molecule has 0 saturated carbocycles. The number of anilines is 1. The van der Waals surface area contributed by atoms with E-state index in [-0.39, 0.29) is 13.0 Å². The van der Waals surface area contributed by atoms with Gasteiger partial charge in [0.15, 0.2) is 5.69 Å². The number of halogens is 3. The Labute approximate surface area is 171 Å². The predicted octanol–water partition coefficient (Wildman–Crippen LogP) is 1.68. The van der Waals surface area contributed by atoms with Crippen LogP contribution in [0.15, 0.2) is 6.20 Å². The van der Waals surface area contributed by atoms with Crippen LogP contribution in [0.5, 0.6) is 0 Å². The maximum atomic E-state index is 13.3. The molecule has 1 atom stereocenters.